The molecule has 1 unspecified atom stereocenters. The van der Waals surface area contributed by atoms with E-state index in [1.807, 2.05) is 20.8 Å². The average Bonchev–Trinajstić information content (AvgIpc) is 3.15. The van der Waals surface area contributed by atoms with Gasteiger partial charge in [0.05, 0.1) is 24.7 Å². The predicted molar refractivity (Wildman–Crippen MR) is 127 cm³/mol. The van der Waals surface area contributed by atoms with E-state index in [0.717, 1.165) is 24.8 Å². The predicted octanol–water partition coefficient (Wildman–Crippen LogP) is 3.25. The molecule has 2 rings (SSSR count). The number of unbranched alkanes of at least 4 members (excludes halogenated alkanes) is 1. The summed E-state index contributed by atoms with van der Waals surface area (Å²) in [5.41, 5.74) is 0.728. The lowest BCUT2D eigenvalue weighted by Gasteiger charge is -2.28. The molecule has 1 aromatic carbocycles. The molecule has 33 heavy (non-hydrogen) atoms. The van der Waals surface area contributed by atoms with Crippen molar-refractivity contribution in [3.05, 3.63) is 29.8 Å². The fourth-order valence-corrected chi connectivity index (χ4v) is 5.25. The van der Waals surface area contributed by atoms with E-state index in [-0.39, 0.29) is 23.5 Å². The number of carbonyl (C=O) groups excluding carboxylic acids is 2. The van der Waals surface area contributed by atoms with Crippen molar-refractivity contribution in [1.82, 2.24) is 4.90 Å². The van der Waals surface area contributed by atoms with Crippen LogP contribution in [-0.2, 0) is 24.2 Å². The van der Waals surface area contributed by atoms with Crippen molar-refractivity contribution in [2.75, 3.05) is 37.9 Å². The standard InChI is InChI=1S/C24H35NO7S/c1-4-7-13-25(20-12-15-33(28,29)18-20)23(26)17-32-24(27)11-9-19-8-10-21(31-14-5-2)22(16-19)30-6-3/h8-11,16,20H,4-7,12-15,17-18H2,1-3H3/b11-9+. The zero-order valence-corrected chi connectivity index (χ0v) is 20.6. The Bertz CT molecular complexity index is 927. The van der Waals surface area contributed by atoms with Gasteiger partial charge in [-0.05, 0) is 50.0 Å². The number of sulfone groups is 1. The van der Waals surface area contributed by atoms with Crippen LogP contribution in [0.1, 0.15) is 52.0 Å². The Morgan fingerprint density at radius 3 is 2.55 bits per heavy atom. The third-order valence-corrected chi connectivity index (χ3v) is 6.95. The molecule has 8 nitrogen and oxygen atoms in total. The normalized spacial score (nSPS) is 17.1. The van der Waals surface area contributed by atoms with E-state index < -0.39 is 22.4 Å². The molecule has 1 fully saturated rings. The molecule has 1 aromatic rings. The van der Waals surface area contributed by atoms with Gasteiger partial charge in [-0.15, -0.1) is 0 Å². The highest BCUT2D eigenvalue weighted by molar-refractivity contribution is 7.91. The Kier molecular flexibility index (Phi) is 10.7. The summed E-state index contributed by atoms with van der Waals surface area (Å²) in [4.78, 5) is 26.4. The Morgan fingerprint density at radius 2 is 1.91 bits per heavy atom. The molecule has 0 aliphatic carbocycles. The maximum atomic E-state index is 12.7. The molecular formula is C24H35NO7S. The summed E-state index contributed by atoms with van der Waals surface area (Å²) >= 11 is 0. The van der Waals surface area contributed by atoms with Gasteiger partial charge >= 0.3 is 5.97 Å². The van der Waals surface area contributed by atoms with Crippen molar-refractivity contribution in [3.8, 4) is 11.5 Å². The largest absolute Gasteiger partial charge is 0.490 e. The van der Waals surface area contributed by atoms with Crippen LogP contribution in [-0.4, -0.2) is 69.1 Å². The second-order valence-electron chi connectivity index (χ2n) is 7.93. The van der Waals surface area contributed by atoms with Gasteiger partial charge in [0.15, 0.2) is 27.9 Å². The van der Waals surface area contributed by atoms with E-state index in [4.69, 9.17) is 14.2 Å². The number of amides is 1. The van der Waals surface area contributed by atoms with Gasteiger partial charge in [-0.1, -0.05) is 26.3 Å². The lowest BCUT2D eigenvalue weighted by molar-refractivity contribution is -0.149. The van der Waals surface area contributed by atoms with Crippen LogP contribution in [0.25, 0.3) is 6.08 Å². The van der Waals surface area contributed by atoms with Crippen LogP contribution in [0.2, 0.25) is 0 Å². The van der Waals surface area contributed by atoms with E-state index >= 15 is 0 Å². The summed E-state index contributed by atoms with van der Waals surface area (Å²) in [7, 11) is -3.12. The maximum absolute atomic E-state index is 12.7. The maximum Gasteiger partial charge on any atom is 0.331 e. The van der Waals surface area contributed by atoms with Gasteiger partial charge in [0, 0.05) is 18.7 Å². The summed E-state index contributed by atoms with van der Waals surface area (Å²) in [6.07, 6.45) is 5.77. The van der Waals surface area contributed by atoms with Crippen molar-refractivity contribution >= 4 is 27.8 Å². The van der Waals surface area contributed by atoms with Crippen molar-refractivity contribution < 1.29 is 32.2 Å². The van der Waals surface area contributed by atoms with Gasteiger partial charge in [0.2, 0.25) is 0 Å². The molecule has 1 amide bonds. The second-order valence-corrected chi connectivity index (χ2v) is 10.2. The molecule has 1 atom stereocenters. The summed E-state index contributed by atoms with van der Waals surface area (Å²) in [6, 6.07) is 5.01. The first-order valence-corrected chi connectivity index (χ1v) is 13.4. The molecular weight excluding hydrogens is 446 g/mol. The summed E-state index contributed by atoms with van der Waals surface area (Å²) in [5, 5.41) is 0. The molecule has 0 spiro atoms. The van der Waals surface area contributed by atoms with Crippen LogP contribution in [0.3, 0.4) is 0 Å². The highest BCUT2D eigenvalue weighted by Crippen LogP contribution is 2.29. The minimum Gasteiger partial charge on any atom is -0.490 e. The molecule has 1 heterocycles. The minimum absolute atomic E-state index is 0.0313. The first kappa shape index (κ1) is 26.7. The summed E-state index contributed by atoms with van der Waals surface area (Å²) in [5.74, 6) is 0.267. The zero-order chi connectivity index (χ0) is 24.3. The molecule has 0 N–H and O–H groups in total. The number of ether oxygens (including phenoxy) is 3. The Balaban J connectivity index is 1.96. The number of esters is 1. The van der Waals surface area contributed by atoms with Gasteiger partial charge < -0.3 is 19.1 Å². The van der Waals surface area contributed by atoms with Crippen LogP contribution >= 0.6 is 0 Å². The zero-order valence-electron chi connectivity index (χ0n) is 19.7. The molecule has 0 bridgehead atoms. The van der Waals surface area contributed by atoms with E-state index in [2.05, 4.69) is 0 Å². The summed E-state index contributed by atoms with van der Waals surface area (Å²) < 4.78 is 40.0. The SMILES string of the molecule is CCCCN(C(=O)COC(=O)/C=C/c1ccc(OCCC)c(OCC)c1)C1CCS(=O)(=O)C1. The highest BCUT2D eigenvalue weighted by Gasteiger charge is 2.34. The fraction of sp³-hybridized carbons (Fsp3) is 0.583. The monoisotopic (exact) mass is 481 g/mol. The van der Waals surface area contributed by atoms with Crippen LogP contribution in [0.4, 0.5) is 0 Å². The van der Waals surface area contributed by atoms with E-state index in [1.165, 1.54) is 6.08 Å². The lowest BCUT2D eigenvalue weighted by Crippen LogP contribution is -2.43. The third-order valence-electron chi connectivity index (χ3n) is 5.20. The van der Waals surface area contributed by atoms with Gasteiger partial charge in [0.1, 0.15) is 0 Å². The molecule has 0 radical (unpaired) electrons. The third kappa shape index (κ3) is 8.72. The van der Waals surface area contributed by atoms with Crippen molar-refractivity contribution in [2.24, 2.45) is 0 Å². The average molecular weight is 482 g/mol. The molecule has 1 saturated heterocycles. The van der Waals surface area contributed by atoms with Crippen LogP contribution in [0.15, 0.2) is 24.3 Å². The Hall–Kier alpha value is -2.55. The van der Waals surface area contributed by atoms with Crippen LogP contribution in [0, 0.1) is 0 Å². The number of hydrogen-bond acceptors (Lipinski definition) is 7. The molecule has 9 heteroatoms. The number of rotatable bonds is 13. The fourth-order valence-electron chi connectivity index (χ4n) is 3.52. The minimum atomic E-state index is -3.12. The van der Waals surface area contributed by atoms with Crippen molar-refractivity contribution in [1.29, 1.82) is 0 Å². The topological polar surface area (TPSA) is 99.2 Å². The van der Waals surface area contributed by atoms with Crippen LogP contribution < -0.4 is 9.47 Å². The van der Waals surface area contributed by atoms with Crippen LogP contribution in [0.5, 0.6) is 11.5 Å². The lowest BCUT2D eigenvalue weighted by atomic mass is 10.2. The highest BCUT2D eigenvalue weighted by atomic mass is 32.2. The quantitative estimate of drug-likeness (QED) is 0.315. The number of benzene rings is 1. The number of carbonyl (C=O) groups is 2. The van der Waals surface area contributed by atoms with Gasteiger partial charge in [-0.3, -0.25) is 4.79 Å². The van der Waals surface area contributed by atoms with Gasteiger partial charge in [0.25, 0.3) is 5.91 Å². The van der Waals surface area contributed by atoms with E-state index in [9.17, 15) is 18.0 Å². The molecule has 0 saturated carbocycles. The van der Waals surface area contributed by atoms with Crippen molar-refractivity contribution in [2.45, 2.75) is 52.5 Å². The molecule has 0 aromatic heterocycles. The van der Waals surface area contributed by atoms with Crippen molar-refractivity contribution in [3.63, 3.8) is 0 Å². The smallest absolute Gasteiger partial charge is 0.331 e. The van der Waals surface area contributed by atoms with Gasteiger partial charge in [-0.25, -0.2) is 13.2 Å². The molecule has 1 aliphatic rings. The first-order valence-electron chi connectivity index (χ1n) is 11.5. The van der Waals surface area contributed by atoms with Gasteiger partial charge in [-0.2, -0.15) is 0 Å². The molecule has 184 valence electrons. The number of nitrogens with zero attached hydrogens (tertiary/aromatic N) is 1. The second kappa shape index (κ2) is 13.2. The Labute approximate surface area is 196 Å². The van der Waals surface area contributed by atoms with E-state index in [1.54, 1.807) is 29.2 Å². The Morgan fingerprint density at radius 1 is 1.12 bits per heavy atom. The first-order chi connectivity index (χ1) is 15.8. The molecule has 1 aliphatic heterocycles. The van der Waals surface area contributed by atoms with E-state index in [0.29, 0.717) is 37.7 Å². The summed E-state index contributed by atoms with van der Waals surface area (Å²) in [6.45, 7) is 7.00. The number of hydrogen-bond donors (Lipinski definition) is 0.